The van der Waals surface area contributed by atoms with Gasteiger partial charge in [0.2, 0.25) is 5.13 Å². The number of methoxy groups -OCH3 is 2. The number of nitrogens with two attached hydrogens (primary N) is 1. The molecule has 1 aliphatic heterocycles. The molecule has 2 N–H and O–H groups in total. The summed E-state index contributed by atoms with van der Waals surface area (Å²) in [5.74, 6) is 1.34. The van der Waals surface area contributed by atoms with Gasteiger partial charge in [-0.05, 0) is 29.1 Å². The van der Waals surface area contributed by atoms with Crippen molar-refractivity contribution < 1.29 is 14.3 Å². The Morgan fingerprint density at radius 2 is 2.10 bits per heavy atom. The normalized spacial score (nSPS) is 15.9. The highest BCUT2D eigenvalue weighted by atomic mass is 32.2. The lowest BCUT2D eigenvalue weighted by Crippen LogP contribution is -2.28. The lowest BCUT2D eigenvalue weighted by atomic mass is 10.0. The second-order valence-corrected chi connectivity index (χ2v) is 9.47. The summed E-state index contributed by atoms with van der Waals surface area (Å²) < 4.78 is 11.4. The van der Waals surface area contributed by atoms with Crippen LogP contribution in [0.4, 0.5) is 5.13 Å². The van der Waals surface area contributed by atoms with Crippen molar-refractivity contribution in [3.63, 3.8) is 0 Å². The zero-order chi connectivity index (χ0) is 21.1. The van der Waals surface area contributed by atoms with Gasteiger partial charge in [-0.1, -0.05) is 35.2 Å². The first-order chi connectivity index (χ1) is 14.6. The number of thioether (sulfide) groups is 1. The molecule has 0 saturated heterocycles. The zero-order valence-electron chi connectivity index (χ0n) is 16.3. The van der Waals surface area contributed by atoms with Crippen molar-refractivity contribution >= 4 is 51.2 Å². The second-order valence-electron chi connectivity index (χ2n) is 6.29. The van der Waals surface area contributed by atoms with Crippen LogP contribution in [0.15, 0.2) is 45.2 Å². The minimum atomic E-state index is -0.227. The summed E-state index contributed by atoms with van der Waals surface area (Å²) in [6.07, 6.45) is 0.623. The van der Waals surface area contributed by atoms with Crippen LogP contribution in [-0.4, -0.2) is 46.8 Å². The number of ether oxygens (including phenoxy) is 2. The molecule has 0 spiro atoms. The summed E-state index contributed by atoms with van der Waals surface area (Å²) >= 11 is 4.18. The number of benzene rings is 1. The first-order valence-electron chi connectivity index (χ1n) is 8.96. The summed E-state index contributed by atoms with van der Waals surface area (Å²) in [6, 6.07) is 9.46. The maximum atomic E-state index is 13.1. The van der Waals surface area contributed by atoms with Crippen LogP contribution in [0.2, 0.25) is 0 Å². The van der Waals surface area contributed by atoms with Gasteiger partial charge in [0.05, 0.1) is 36.6 Å². The van der Waals surface area contributed by atoms with E-state index in [1.165, 1.54) is 23.1 Å². The molecule has 156 valence electrons. The molecule has 30 heavy (non-hydrogen) atoms. The van der Waals surface area contributed by atoms with Gasteiger partial charge in [-0.2, -0.15) is 5.10 Å². The predicted octanol–water partition coefficient (Wildman–Crippen LogP) is 3.67. The van der Waals surface area contributed by atoms with E-state index < -0.39 is 0 Å². The van der Waals surface area contributed by atoms with Gasteiger partial charge in [-0.25, -0.2) is 5.01 Å². The van der Waals surface area contributed by atoms with E-state index in [-0.39, 0.29) is 17.7 Å². The molecule has 1 atom stereocenters. The van der Waals surface area contributed by atoms with Crippen LogP contribution in [0, 0.1) is 0 Å². The van der Waals surface area contributed by atoms with E-state index >= 15 is 0 Å². The Labute approximate surface area is 185 Å². The topological polar surface area (TPSA) is 103 Å². The van der Waals surface area contributed by atoms with Gasteiger partial charge in [0.15, 0.2) is 15.8 Å². The smallest absolute Gasteiger partial charge is 0.253 e. The summed E-state index contributed by atoms with van der Waals surface area (Å²) in [7, 11) is 3.19. The van der Waals surface area contributed by atoms with E-state index in [4.69, 9.17) is 15.2 Å². The number of aromatic nitrogens is 2. The van der Waals surface area contributed by atoms with Crippen LogP contribution < -0.4 is 15.2 Å². The van der Waals surface area contributed by atoms with Gasteiger partial charge < -0.3 is 15.2 Å². The first-order valence-corrected chi connectivity index (χ1v) is 11.6. The molecule has 4 rings (SSSR count). The number of hydrogen-bond acceptors (Lipinski definition) is 10. The number of amides is 1. The molecule has 0 aliphatic carbocycles. The second kappa shape index (κ2) is 9.02. The third-order valence-electron chi connectivity index (χ3n) is 4.51. The van der Waals surface area contributed by atoms with E-state index in [2.05, 4.69) is 15.3 Å². The van der Waals surface area contributed by atoms with Crippen LogP contribution in [0.1, 0.15) is 22.9 Å². The molecule has 1 aromatic carbocycles. The molecule has 3 aromatic rings. The van der Waals surface area contributed by atoms with E-state index in [1.54, 1.807) is 30.6 Å². The van der Waals surface area contributed by atoms with Crippen molar-refractivity contribution in [2.24, 2.45) is 5.10 Å². The molecular weight excluding hydrogens is 442 g/mol. The average Bonchev–Trinajstić information content (AvgIpc) is 3.51. The number of anilines is 1. The summed E-state index contributed by atoms with van der Waals surface area (Å²) in [5.41, 5.74) is 7.45. The summed E-state index contributed by atoms with van der Waals surface area (Å²) in [6.45, 7) is 0. The first kappa shape index (κ1) is 20.6. The molecule has 0 bridgehead atoms. The van der Waals surface area contributed by atoms with E-state index in [1.807, 2.05) is 35.7 Å². The standard InChI is InChI=1S/C19H19N5O3S3/c1-26-14-6-5-11(8-15(14)27-2)13-9-12(16-4-3-7-28-16)23-24(13)17(25)10-29-19-22-21-18(20)30-19/h3-8,13H,9-10H2,1-2H3,(H2,20,21)/t13-/m1/s1. The summed E-state index contributed by atoms with van der Waals surface area (Å²) in [4.78, 5) is 14.1. The Bertz CT molecular complexity index is 1070. The van der Waals surface area contributed by atoms with Crippen LogP contribution in [-0.2, 0) is 4.79 Å². The van der Waals surface area contributed by atoms with Crippen molar-refractivity contribution in [1.29, 1.82) is 0 Å². The van der Waals surface area contributed by atoms with E-state index in [0.29, 0.717) is 27.4 Å². The molecule has 0 unspecified atom stereocenters. The number of thiophene rings is 1. The highest BCUT2D eigenvalue weighted by molar-refractivity contribution is 8.01. The quantitative estimate of drug-likeness (QED) is 0.536. The third kappa shape index (κ3) is 4.27. The summed E-state index contributed by atoms with van der Waals surface area (Å²) in [5, 5.41) is 16.4. The predicted molar refractivity (Wildman–Crippen MR) is 120 cm³/mol. The zero-order valence-corrected chi connectivity index (χ0v) is 18.7. The highest BCUT2D eigenvalue weighted by Gasteiger charge is 2.34. The fraction of sp³-hybridized carbons (Fsp3) is 0.263. The molecule has 1 amide bonds. The van der Waals surface area contributed by atoms with E-state index in [0.717, 1.165) is 16.2 Å². The van der Waals surface area contributed by atoms with Crippen molar-refractivity contribution in [3.05, 3.63) is 46.2 Å². The maximum Gasteiger partial charge on any atom is 0.253 e. The Morgan fingerprint density at radius 3 is 2.77 bits per heavy atom. The minimum Gasteiger partial charge on any atom is -0.493 e. The molecule has 0 radical (unpaired) electrons. The molecule has 2 aromatic heterocycles. The van der Waals surface area contributed by atoms with Gasteiger partial charge in [0.1, 0.15) is 0 Å². The third-order valence-corrected chi connectivity index (χ3v) is 7.29. The molecule has 0 fully saturated rings. The van der Waals surface area contributed by atoms with Crippen LogP contribution in [0.3, 0.4) is 0 Å². The highest BCUT2D eigenvalue weighted by Crippen LogP contribution is 2.38. The number of carbonyl (C=O) groups excluding carboxylic acids is 1. The largest absolute Gasteiger partial charge is 0.493 e. The molecular formula is C19H19N5O3S3. The molecule has 1 aliphatic rings. The number of nitrogens with zero attached hydrogens (tertiary/aromatic N) is 4. The number of carbonyl (C=O) groups is 1. The lowest BCUT2D eigenvalue weighted by molar-refractivity contribution is -0.130. The number of rotatable bonds is 7. The van der Waals surface area contributed by atoms with Crippen LogP contribution >= 0.6 is 34.4 Å². The number of nitrogen functional groups attached to an aromatic ring is 1. The SMILES string of the molecule is COc1ccc([C@H]2CC(c3cccs3)=NN2C(=O)CSc2nnc(N)s2)cc1OC. The Morgan fingerprint density at radius 1 is 1.27 bits per heavy atom. The van der Waals surface area contributed by atoms with Crippen molar-refractivity contribution in [3.8, 4) is 11.5 Å². The number of hydrazone groups is 1. The fourth-order valence-corrected chi connectivity index (χ4v) is 5.33. The molecule has 11 heteroatoms. The van der Waals surface area contributed by atoms with Gasteiger partial charge in [-0.3, -0.25) is 4.79 Å². The van der Waals surface area contributed by atoms with Gasteiger partial charge in [0.25, 0.3) is 5.91 Å². The van der Waals surface area contributed by atoms with Gasteiger partial charge in [-0.15, -0.1) is 21.5 Å². The Kier molecular flexibility index (Phi) is 6.21. The van der Waals surface area contributed by atoms with Crippen LogP contribution in [0.5, 0.6) is 11.5 Å². The van der Waals surface area contributed by atoms with Crippen molar-refractivity contribution in [2.75, 3.05) is 25.7 Å². The monoisotopic (exact) mass is 461 g/mol. The molecule has 3 heterocycles. The minimum absolute atomic E-state index is 0.111. The Balaban J connectivity index is 1.60. The maximum absolute atomic E-state index is 13.1. The molecule has 0 saturated carbocycles. The van der Waals surface area contributed by atoms with Crippen molar-refractivity contribution in [2.45, 2.75) is 16.8 Å². The van der Waals surface area contributed by atoms with Crippen molar-refractivity contribution in [1.82, 2.24) is 15.2 Å². The van der Waals surface area contributed by atoms with Gasteiger partial charge >= 0.3 is 0 Å². The van der Waals surface area contributed by atoms with Crippen LogP contribution in [0.25, 0.3) is 0 Å². The van der Waals surface area contributed by atoms with E-state index in [9.17, 15) is 4.79 Å². The Hall–Kier alpha value is -2.63. The van der Waals surface area contributed by atoms with Gasteiger partial charge in [0, 0.05) is 6.42 Å². The lowest BCUT2D eigenvalue weighted by Gasteiger charge is -2.22. The number of hydrogen-bond donors (Lipinski definition) is 1. The fourth-order valence-electron chi connectivity index (χ4n) is 3.12. The molecule has 8 nitrogen and oxygen atoms in total. The average molecular weight is 462 g/mol.